The molecule has 6 heteroatoms. The van der Waals surface area contributed by atoms with Crippen LogP contribution in [0.5, 0.6) is 0 Å². The van der Waals surface area contributed by atoms with Crippen LogP contribution in [0.15, 0.2) is 4.99 Å². The Bertz CT molecular complexity index is 391. The zero-order valence-electron chi connectivity index (χ0n) is 16.1. The Kier molecular flexibility index (Phi) is 8.99. The summed E-state index contributed by atoms with van der Waals surface area (Å²) in [5.74, 6) is 1.55. The van der Waals surface area contributed by atoms with Gasteiger partial charge in [-0.25, -0.2) is 0 Å². The summed E-state index contributed by atoms with van der Waals surface area (Å²) >= 11 is 0. The second-order valence-corrected chi connectivity index (χ2v) is 7.46. The number of aliphatic hydroxyl groups excluding tert-OH is 1. The van der Waals surface area contributed by atoms with Gasteiger partial charge in [0.2, 0.25) is 0 Å². The maximum absolute atomic E-state index is 9.33. The molecule has 2 unspecified atom stereocenters. The summed E-state index contributed by atoms with van der Waals surface area (Å²) < 4.78 is 11.5. The monoisotopic (exact) mass is 355 g/mol. The molecule has 0 spiro atoms. The third kappa shape index (κ3) is 6.42. The molecule has 2 fully saturated rings. The van der Waals surface area contributed by atoms with Gasteiger partial charge < -0.3 is 25.2 Å². The zero-order chi connectivity index (χ0) is 18.0. The molecule has 0 bridgehead atoms. The average molecular weight is 356 g/mol. The molecule has 1 saturated heterocycles. The van der Waals surface area contributed by atoms with Crippen LogP contribution in [-0.2, 0) is 9.47 Å². The topological polar surface area (TPSA) is 75.1 Å². The molecule has 6 nitrogen and oxygen atoms in total. The van der Waals surface area contributed by atoms with Gasteiger partial charge in [0, 0.05) is 45.4 Å². The molecule has 1 saturated carbocycles. The molecule has 146 valence electrons. The summed E-state index contributed by atoms with van der Waals surface area (Å²) in [4.78, 5) is 4.33. The highest BCUT2D eigenvalue weighted by Gasteiger charge is 2.34. The molecule has 0 aromatic carbocycles. The van der Waals surface area contributed by atoms with Crippen molar-refractivity contribution in [3.8, 4) is 0 Å². The molecule has 1 aliphatic carbocycles. The fraction of sp³-hybridized carbons (Fsp3) is 0.947. The summed E-state index contributed by atoms with van der Waals surface area (Å²) in [5, 5.41) is 16.2. The molecule has 1 heterocycles. The van der Waals surface area contributed by atoms with Gasteiger partial charge in [-0.1, -0.05) is 12.8 Å². The highest BCUT2D eigenvalue weighted by molar-refractivity contribution is 5.79. The fourth-order valence-corrected chi connectivity index (χ4v) is 4.13. The highest BCUT2D eigenvalue weighted by atomic mass is 16.5. The number of hydrogen-bond acceptors (Lipinski definition) is 4. The Morgan fingerprint density at radius 2 is 2.16 bits per heavy atom. The van der Waals surface area contributed by atoms with E-state index < -0.39 is 0 Å². The molecule has 1 aliphatic heterocycles. The van der Waals surface area contributed by atoms with E-state index in [4.69, 9.17) is 9.47 Å². The lowest BCUT2D eigenvalue weighted by molar-refractivity contribution is 0.0169. The summed E-state index contributed by atoms with van der Waals surface area (Å²) in [7, 11) is 1.80. The van der Waals surface area contributed by atoms with Crippen LogP contribution in [0.1, 0.15) is 51.9 Å². The number of aliphatic hydroxyl groups is 1. The number of rotatable bonds is 10. The van der Waals surface area contributed by atoms with Crippen molar-refractivity contribution >= 4 is 5.96 Å². The Morgan fingerprint density at radius 3 is 2.76 bits per heavy atom. The second-order valence-electron chi connectivity index (χ2n) is 7.46. The third-order valence-corrected chi connectivity index (χ3v) is 5.71. The van der Waals surface area contributed by atoms with Crippen LogP contribution in [0, 0.1) is 11.3 Å². The van der Waals surface area contributed by atoms with Crippen molar-refractivity contribution in [2.45, 2.75) is 58.0 Å². The van der Waals surface area contributed by atoms with E-state index in [1.807, 2.05) is 0 Å². The van der Waals surface area contributed by atoms with Gasteiger partial charge in [0.1, 0.15) is 0 Å². The molecule has 0 aromatic rings. The van der Waals surface area contributed by atoms with Crippen molar-refractivity contribution in [1.82, 2.24) is 10.6 Å². The first kappa shape index (κ1) is 20.5. The molecule has 3 N–H and O–H groups in total. The molecular formula is C19H37N3O3. The number of nitrogens with one attached hydrogen (secondary N) is 2. The summed E-state index contributed by atoms with van der Waals surface area (Å²) in [5.41, 5.74) is 0.0318. The predicted octanol–water partition coefficient (Wildman–Crippen LogP) is 1.93. The normalized spacial score (nSPS) is 26.1. The molecule has 2 rings (SSSR count). The van der Waals surface area contributed by atoms with Crippen molar-refractivity contribution in [3.05, 3.63) is 0 Å². The minimum Gasteiger partial charge on any atom is -0.396 e. The van der Waals surface area contributed by atoms with Gasteiger partial charge in [0.15, 0.2) is 5.96 Å². The minimum atomic E-state index is 0.0318. The maximum atomic E-state index is 9.33. The molecule has 25 heavy (non-hydrogen) atoms. The molecule has 0 amide bonds. The van der Waals surface area contributed by atoms with Crippen LogP contribution in [0.25, 0.3) is 0 Å². The van der Waals surface area contributed by atoms with Gasteiger partial charge in [0.25, 0.3) is 0 Å². The quantitative estimate of drug-likeness (QED) is 0.412. The highest BCUT2D eigenvalue weighted by Crippen LogP contribution is 2.31. The largest absolute Gasteiger partial charge is 0.396 e. The van der Waals surface area contributed by atoms with Gasteiger partial charge in [-0.3, -0.25) is 4.99 Å². The summed E-state index contributed by atoms with van der Waals surface area (Å²) in [6.45, 7) is 6.22. The first-order valence-electron chi connectivity index (χ1n) is 9.98. The van der Waals surface area contributed by atoms with Crippen LogP contribution in [-0.4, -0.2) is 63.7 Å². The van der Waals surface area contributed by atoms with Crippen LogP contribution in [0.3, 0.4) is 0 Å². The van der Waals surface area contributed by atoms with E-state index in [2.05, 4.69) is 22.5 Å². The van der Waals surface area contributed by atoms with Gasteiger partial charge in [0.05, 0.1) is 12.7 Å². The number of aliphatic imine (C=N–C) groups is 1. The van der Waals surface area contributed by atoms with E-state index in [1.54, 1.807) is 7.05 Å². The molecule has 2 aliphatic rings. The predicted molar refractivity (Wildman–Crippen MR) is 101 cm³/mol. The molecule has 0 radical (unpaired) electrons. The smallest absolute Gasteiger partial charge is 0.190 e. The molecular weight excluding hydrogens is 318 g/mol. The Balaban J connectivity index is 1.73. The molecule has 2 atom stereocenters. The minimum absolute atomic E-state index is 0.0318. The van der Waals surface area contributed by atoms with Crippen molar-refractivity contribution in [2.75, 3.05) is 46.6 Å². The average Bonchev–Trinajstić information content (AvgIpc) is 3.30. The van der Waals surface area contributed by atoms with E-state index in [0.29, 0.717) is 12.7 Å². The zero-order valence-corrected chi connectivity index (χ0v) is 16.1. The lowest BCUT2D eigenvalue weighted by Gasteiger charge is -2.28. The Labute approximate surface area is 152 Å². The third-order valence-electron chi connectivity index (χ3n) is 5.71. The SMILES string of the molecule is CCOC(CCNC(=NC)NCC1(CCO)CCOC1)C1CCCC1. The number of hydrogen-bond donors (Lipinski definition) is 3. The van der Waals surface area contributed by atoms with Gasteiger partial charge >= 0.3 is 0 Å². The standard InChI is InChI=1S/C19H37N3O3/c1-3-25-17(16-6-4-5-7-16)8-11-21-18(20-2)22-14-19(9-12-23)10-13-24-15-19/h16-17,23H,3-15H2,1-2H3,(H2,20,21,22). The summed E-state index contributed by atoms with van der Waals surface area (Å²) in [6.07, 6.45) is 8.45. The maximum Gasteiger partial charge on any atom is 0.190 e. The number of nitrogens with zero attached hydrogens (tertiary/aromatic N) is 1. The van der Waals surface area contributed by atoms with Gasteiger partial charge in [-0.05, 0) is 44.9 Å². The first-order chi connectivity index (χ1) is 12.2. The van der Waals surface area contributed by atoms with Crippen LogP contribution < -0.4 is 10.6 Å². The number of ether oxygens (including phenoxy) is 2. The van der Waals surface area contributed by atoms with Crippen molar-refractivity contribution in [2.24, 2.45) is 16.3 Å². The summed E-state index contributed by atoms with van der Waals surface area (Å²) in [6, 6.07) is 0. The van der Waals surface area contributed by atoms with Crippen molar-refractivity contribution in [3.63, 3.8) is 0 Å². The van der Waals surface area contributed by atoms with Crippen molar-refractivity contribution in [1.29, 1.82) is 0 Å². The lowest BCUT2D eigenvalue weighted by atomic mass is 9.84. The van der Waals surface area contributed by atoms with E-state index >= 15 is 0 Å². The van der Waals surface area contributed by atoms with Gasteiger partial charge in [-0.2, -0.15) is 0 Å². The van der Waals surface area contributed by atoms with E-state index in [0.717, 1.165) is 57.4 Å². The molecule has 0 aromatic heterocycles. The van der Waals surface area contributed by atoms with Crippen LogP contribution >= 0.6 is 0 Å². The van der Waals surface area contributed by atoms with E-state index in [1.165, 1.54) is 25.7 Å². The Hall–Kier alpha value is -0.850. The second kappa shape index (κ2) is 11.0. The van der Waals surface area contributed by atoms with Gasteiger partial charge in [-0.15, -0.1) is 0 Å². The van der Waals surface area contributed by atoms with E-state index in [-0.39, 0.29) is 12.0 Å². The first-order valence-corrected chi connectivity index (χ1v) is 9.98. The van der Waals surface area contributed by atoms with Crippen molar-refractivity contribution < 1.29 is 14.6 Å². The fourth-order valence-electron chi connectivity index (χ4n) is 4.13. The van der Waals surface area contributed by atoms with Crippen LogP contribution in [0.2, 0.25) is 0 Å². The van der Waals surface area contributed by atoms with E-state index in [9.17, 15) is 5.11 Å². The number of guanidine groups is 1. The lowest BCUT2D eigenvalue weighted by Crippen LogP contribution is -2.45. The Morgan fingerprint density at radius 1 is 1.36 bits per heavy atom. The van der Waals surface area contributed by atoms with Crippen LogP contribution in [0.4, 0.5) is 0 Å².